The average molecular weight is 486 g/mol. The number of amides is 1. The fraction of sp³-hybridized carbons (Fsp3) is 0.545. The summed E-state index contributed by atoms with van der Waals surface area (Å²) in [5.74, 6) is -1.11. The maximum absolute atomic E-state index is 13.3. The largest absolute Gasteiger partial charge is 0.480 e. The molecule has 1 unspecified atom stereocenters. The number of benzene rings is 1. The molecule has 1 amide bonds. The summed E-state index contributed by atoms with van der Waals surface area (Å²) in [5, 5.41) is 4.62. The van der Waals surface area contributed by atoms with Crippen molar-refractivity contribution in [2.45, 2.75) is 75.8 Å². The van der Waals surface area contributed by atoms with Crippen LogP contribution in [0.5, 0.6) is 5.75 Å². The molecule has 0 spiro atoms. The molecule has 1 aliphatic heterocycles. The van der Waals surface area contributed by atoms with Crippen molar-refractivity contribution in [3.05, 3.63) is 41.2 Å². The van der Waals surface area contributed by atoms with Gasteiger partial charge in [0.1, 0.15) is 5.75 Å². The van der Waals surface area contributed by atoms with Crippen molar-refractivity contribution in [3.63, 3.8) is 0 Å². The van der Waals surface area contributed by atoms with Gasteiger partial charge in [0.25, 0.3) is 5.91 Å². The molecule has 180 valence electrons. The van der Waals surface area contributed by atoms with E-state index >= 15 is 0 Å². The Balaban J connectivity index is 1.61. The average Bonchev–Trinajstić information content (AvgIpc) is 3.48. The van der Waals surface area contributed by atoms with Gasteiger partial charge in [0.2, 0.25) is 0 Å². The number of ether oxygens (including phenoxy) is 1. The van der Waals surface area contributed by atoms with Crippen LogP contribution in [0, 0.1) is 0 Å². The first-order valence-corrected chi connectivity index (χ1v) is 12.6. The lowest BCUT2D eigenvalue weighted by molar-refractivity contribution is -0.189. The van der Waals surface area contributed by atoms with Crippen LogP contribution in [-0.2, 0) is 22.9 Å². The Bertz CT molecular complexity index is 1130. The Kier molecular flexibility index (Phi) is 6.19. The molecule has 1 aliphatic carbocycles. The van der Waals surface area contributed by atoms with Crippen LogP contribution in [0.3, 0.4) is 0 Å². The maximum Gasteiger partial charge on any atom is 0.425 e. The van der Waals surface area contributed by atoms with Gasteiger partial charge in [-0.05, 0) is 38.0 Å². The first-order valence-electron chi connectivity index (χ1n) is 11.0. The summed E-state index contributed by atoms with van der Waals surface area (Å²) in [6.45, 7) is 2.74. The van der Waals surface area contributed by atoms with Crippen LogP contribution in [0.4, 0.5) is 13.2 Å². The molecule has 1 saturated carbocycles. The molecule has 0 radical (unpaired) electrons. The van der Waals surface area contributed by atoms with Gasteiger partial charge in [0, 0.05) is 18.3 Å². The molecule has 33 heavy (non-hydrogen) atoms. The van der Waals surface area contributed by atoms with Gasteiger partial charge in [0.15, 0.2) is 15.9 Å². The van der Waals surface area contributed by atoms with E-state index in [4.69, 9.17) is 4.74 Å². The SMILES string of the molecule is CCS(=O)(=O)c1ccc(OC(C)C(F)(F)F)c(C(=O)N2Cc3cn(C4CCCC4)nc3C2)c1. The molecule has 1 atom stereocenters. The number of sulfone groups is 1. The zero-order valence-electron chi connectivity index (χ0n) is 18.4. The number of carbonyl (C=O) groups is 1. The molecule has 2 aromatic rings. The van der Waals surface area contributed by atoms with Crippen molar-refractivity contribution in [3.8, 4) is 5.75 Å². The number of fused-ring (bicyclic) bond motifs is 1. The monoisotopic (exact) mass is 485 g/mol. The number of alkyl halides is 3. The summed E-state index contributed by atoms with van der Waals surface area (Å²) in [6, 6.07) is 3.75. The van der Waals surface area contributed by atoms with Crippen molar-refractivity contribution in [2.75, 3.05) is 5.75 Å². The molecular weight excluding hydrogens is 459 g/mol. The minimum atomic E-state index is -4.64. The predicted octanol–water partition coefficient (Wildman–Crippen LogP) is 4.28. The van der Waals surface area contributed by atoms with E-state index in [1.54, 1.807) is 0 Å². The molecule has 7 nitrogen and oxygen atoms in total. The molecule has 2 heterocycles. The minimum Gasteiger partial charge on any atom is -0.480 e. The van der Waals surface area contributed by atoms with E-state index in [1.807, 2.05) is 10.9 Å². The second-order valence-corrected chi connectivity index (χ2v) is 10.8. The third-order valence-corrected chi connectivity index (χ3v) is 8.00. The molecule has 0 bridgehead atoms. The van der Waals surface area contributed by atoms with Crippen LogP contribution >= 0.6 is 0 Å². The quantitative estimate of drug-likeness (QED) is 0.610. The second kappa shape index (κ2) is 8.66. The summed E-state index contributed by atoms with van der Waals surface area (Å²) in [5.41, 5.74) is 1.42. The highest BCUT2D eigenvalue weighted by atomic mass is 32.2. The number of hydrogen-bond acceptors (Lipinski definition) is 5. The first kappa shape index (κ1) is 23.6. The lowest BCUT2D eigenvalue weighted by Gasteiger charge is -2.22. The number of nitrogens with zero attached hydrogens (tertiary/aromatic N) is 3. The fourth-order valence-electron chi connectivity index (χ4n) is 4.24. The van der Waals surface area contributed by atoms with Crippen LogP contribution in [0.2, 0.25) is 0 Å². The third kappa shape index (κ3) is 4.73. The molecule has 1 aromatic heterocycles. The standard InChI is InChI=1S/C22H26F3N3O4S/c1-3-33(30,31)17-8-9-20(32-14(2)22(23,24)25)18(10-17)21(29)27-11-15-12-28(26-19(15)13-27)16-6-4-5-7-16/h8-10,12,14,16H,3-7,11,13H2,1-2H3. The third-order valence-electron chi connectivity index (χ3n) is 6.27. The molecule has 11 heteroatoms. The molecule has 0 saturated heterocycles. The number of hydrogen-bond donors (Lipinski definition) is 0. The number of halogens is 3. The molecule has 1 aromatic carbocycles. The van der Waals surface area contributed by atoms with Gasteiger partial charge in [-0.1, -0.05) is 19.8 Å². The number of rotatable bonds is 6. The Labute approximate surface area is 190 Å². The van der Waals surface area contributed by atoms with Crippen LogP contribution in [0.1, 0.15) is 67.2 Å². The van der Waals surface area contributed by atoms with Crippen molar-refractivity contribution < 1.29 is 31.1 Å². The van der Waals surface area contributed by atoms with Gasteiger partial charge in [-0.2, -0.15) is 18.3 Å². The zero-order valence-corrected chi connectivity index (χ0v) is 19.2. The lowest BCUT2D eigenvalue weighted by atomic mass is 10.1. The van der Waals surface area contributed by atoms with E-state index in [-0.39, 0.29) is 35.1 Å². The normalized spacial score (nSPS) is 17.9. The molecule has 0 N–H and O–H groups in total. The van der Waals surface area contributed by atoms with Gasteiger partial charge >= 0.3 is 6.18 Å². The Hall–Kier alpha value is -2.56. The van der Waals surface area contributed by atoms with Crippen LogP contribution in [0.25, 0.3) is 0 Å². The molecule has 2 aliphatic rings. The highest BCUT2D eigenvalue weighted by molar-refractivity contribution is 7.91. The Morgan fingerprint density at radius 1 is 1.24 bits per heavy atom. The van der Waals surface area contributed by atoms with E-state index in [0.29, 0.717) is 6.04 Å². The minimum absolute atomic E-state index is 0.135. The fourth-order valence-corrected chi connectivity index (χ4v) is 5.15. The van der Waals surface area contributed by atoms with E-state index in [1.165, 1.54) is 17.9 Å². The summed E-state index contributed by atoms with van der Waals surface area (Å²) < 4.78 is 70.9. The number of carbonyl (C=O) groups excluding carboxylic acids is 1. The van der Waals surface area contributed by atoms with Crippen LogP contribution in [-0.4, -0.2) is 47.0 Å². The molecule has 4 rings (SSSR count). The summed E-state index contributed by atoms with van der Waals surface area (Å²) in [6.07, 6.45) is -0.406. The summed E-state index contributed by atoms with van der Waals surface area (Å²) >= 11 is 0. The topological polar surface area (TPSA) is 81.5 Å². The Morgan fingerprint density at radius 2 is 1.94 bits per heavy atom. The lowest BCUT2D eigenvalue weighted by Crippen LogP contribution is -2.33. The van der Waals surface area contributed by atoms with E-state index in [9.17, 15) is 26.4 Å². The summed E-state index contributed by atoms with van der Waals surface area (Å²) in [4.78, 5) is 14.6. The van der Waals surface area contributed by atoms with Crippen molar-refractivity contribution >= 4 is 15.7 Å². The second-order valence-electron chi connectivity index (χ2n) is 8.54. The van der Waals surface area contributed by atoms with Crippen molar-refractivity contribution in [2.24, 2.45) is 0 Å². The van der Waals surface area contributed by atoms with Gasteiger partial charge in [-0.25, -0.2) is 8.42 Å². The van der Waals surface area contributed by atoms with E-state index in [0.717, 1.165) is 56.0 Å². The van der Waals surface area contributed by atoms with Crippen LogP contribution in [0.15, 0.2) is 29.3 Å². The highest BCUT2D eigenvalue weighted by Gasteiger charge is 2.39. The van der Waals surface area contributed by atoms with Crippen molar-refractivity contribution in [1.29, 1.82) is 0 Å². The Morgan fingerprint density at radius 3 is 2.55 bits per heavy atom. The molecule has 1 fully saturated rings. The van der Waals surface area contributed by atoms with Gasteiger partial charge in [0.05, 0.1) is 34.5 Å². The van der Waals surface area contributed by atoms with Gasteiger partial charge in [-0.15, -0.1) is 0 Å². The number of aromatic nitrogens is 2. The molecular formula is C22H26F3N3O4S. The van der Waals surface area contributed by atoms with Gasteiger partial charge < -0.3 is 9.64 Å². The van der Waals surface area contributed by atoms with Crippen molar-refractivity contribution in [1.82, 2.24) is 14.7 Å². The first-order chi connectivity index (χ1) is 15.5. The summed E-state index contributed by atoms with van der Waals surface area (Å²) in [7, 11) is -3.67. The van der Waals surface area contributed by atoms with E-state index < -0.39 is 28.0 Å². The smallest absolute Gasteiger partial charge is 0.425 e. The zero-order chi connectivity index (χ0) is 24.0. The van der Waals surface area contributed by atoms with Crippen LogP contribution < -0.4 is 4.74 Å². The highest BCUT2D eigenvalue weighted by Crippen LogP contribution is 2.34. The maximum atomic E-state index is 13.3. The predicted molar refractivity (Wildman–Crippen MR) is 114 cm³/mol. The van der Waals surface area contributed by atoms with E-state index in [2.05, 4.69) is 5.10 Å². The van der Waals surface area contributed by atoms with Gasteiger partial charge in [-0.3, -0.25) is 9.48 Å².